The molecule has 5 heteroatoms. The summed E-state index contributed by atoms with van der Waals surface area (Å²) in [6, 6.07) is 4.31. The Morgan fingerprint density at radius 1 is 1.35 bits per heavy atom. The van der Waals surface area contributed by atoms with Crippen LogP contribution in [0.25, 0.3) is 0 Å². The van der Waals surface area contributed by atoms with Crippen LogP contribution in [0.2, 0.25) is 0 Å². The standard InChI is InChI=1S/C21H28NO3.BrH/c1-22(12-14-3-4-14)10-9-21-8-7-16(23)11-18(21)25-20-17(24-2)6-5-15(13-22)19(20)21;/h5-8,14,16,18,23H,3-4,9-13H2,1-2H3;1H/q+1;/p-1/t16-,18-,21-,22?;/m0./s1. The fourth-order valence-electron chi connectivity index (χ4n) is 5.36. The summed E-state index contributed by atoms with van der Waals surface area (Å²) in [4.78, 5) is 0. The van der Waals surface area contributed by atoms with E-state index >= 15 is 0 Å². The molecule has 1 aromatic rings. The monoisotopic (exact) mass is 421 g/mol. The highest BCUT2D eigenvalue weighted by Gasteiger charge is 2.55. The average molecular weight is 422 g/mol. The van der Waals surface area contributed by atoms with Gasteiger partial charge in [-0.2, -0.15) is 0 Å². The molecule has 2 aliphatic heterocycles. The van der Waals surface area contributed by atoms with E-state index in [9.17, 15) is 5.11 Å². The third-order valence-electron chi connectivity index (χ3n) is 6.81. The van der Waals surface area contributed by atoms with Gasteiger partial charge in [0.2, 0.25) is 0 Å². The molecule has 1 aromatic carbocycles. The van der Waals surface area contributed by atoms with E-state index in [4.69, 9.17) is 9.47 Å². The Morgan fingerprint density at radius 2 is 2.15 bits per heavy atom. The van der Waals surface area contributed by atoms with E-state index in [0.29, 0.717) is 6.42 Å². The minimum absolute atomic E-state index is 0. The van der Waals surface area contributed by atoms with Crippen molar-refractivity contribution in [3.8, 4) is 11.5 Å². The summed E-state index contributed by atoms with van der Waals surface area (Å²) < 4.78 is 13.1. The predicted molar refractivity (Wildman–Crippen MR) is 95.8 cm³/mol. The fourth-order valence-corrected chi connectivity index (χ4v) is 5.36. The van der Waals surface area contributed by atoms with Crippen LogP contribution in [0.1, 0.15) is 36.8 Å². The van der Waals surface area contributed by atoms with Gasteiger partial charge in [-0.1, -0.05) is 12.2 Å². The summed E-state index contributed by atoms with van der Waals surface area (Å²) in [6.45, 7) is 3.51. The number of hydrogen-bond acceptors (Lipinski definition) is 3. The van der Waals surface area contributed by atoms with Crippen LogP contribution < -0.4 is 26.5 Å². The van der Waals surface area contributed by atoms with Crippen molar-refractivity contribution >= 4 is 0 Å². The molecule has 142 valence electrons. The topological polar surface area (TPSA) is 38.7 Å². The molecule has 4 aliphatic rings. The third kappa shape index (κ3) is 2.71. The highest BCUT2D eigenvalue weighted by Crippen LogP contribution is 2.56. The van der Waals surface area contributed by atoms with Crippen molar-refractivity contribution in [2.45, 2.75) is 49.9 Å². The largest absolute Gasteiger partial charge is 1.00 e. The SMILES string of the molecule is COc1ccc2c3c1O[C@H]1C[C@@H](O)C=C[C@@]31CC[N+](C)(CC1CC1)C2.[Br-]. The molecule has 4 atom stereocenters. The Morgan fingerprint density at radius 3 is 2.88 bits per heavy atom. The molecule has 0 bridgehead atoms. The quantitative estimate of drug-likeness (QED) is 0.541. The number of rotatable bonds is 3. The van der Waals surface area contributed by atoms with Gasteiger partial charge >= 0.3 is 0 Å². The second-order valence-electron chi connectivity index (χ2n) is 8.82. The number of quaternary nitrogens is 1. The highest BCUT2D eigenvalue weighted by molar-refractivity contribution is 5.60. The van der Waals surface area contributed by atoms with Crippen molar-refractivity contribution in [1.29, 1.82) is 0 Å². The van der Waals surface area contributed by atoms with Crippen LogP contribution in [0.15, 0.2) is 24.3 Å². The highest BCUT2D eigenvalue weighted by atomic mass is 79.9. The Labute approximate surface area is 166 Å². The zero-order chi connectivity index (χ0) is 17.2. The maximum absolute atomic E-state index is 10.2. The maximum atomic E-state index is 10.2. The first-order chi connectivity index (χ1) is 12.0. The van der Waals surface area contributed by atoms with Crippen LogP contribution in [-0.4, -0.2) is 49.0 Å². The summed E-state index contributed by atoms with van der Waals surface area (Å²) in [5.74, 6) is 2.66. The van der Waals surface area contributed by atoms with Crippen LogP contribution in [0.3, 0.4) is 0 Å². The molecule has 0 radical (unpaired) electrons. The lowest BCUT2D eigenvalue weighted by molar-refractivity contribution is -0.924. The molecule has 0 amide bonds. The van der Waals surface area contributed by atoms with Gasteiger partial charge in [0.25, 0.3) is 0 Å². The van der Waals surface area contributed by atoms with Crippen LogP contribution in [0, 0.1) is 5.92 Å². The minimum Gasteiger partial charge on any atom is -1.00 e. The van der Waals surface area contributed by atoms with Crippen molar-refractivity contribution in [3.63, 3.8) is 0 Å². The molecule has 4 nitrogen and oxygen atoms in total. The van der Waals surface area contributed by atoms with Gasteiger partial charge in [0.1, 0.15) is 12.6 Å². The lowest BCUT2D eigenvalue weighted by Crippen LogP contribution is -3.00. The molecule has 1 N–H and O–H groups in total. The molecular weight excluding hydrogens is 394 g/mol. The van der Waals surface area contributed by atoms with Gasteiger partial charge in [0, 0.05) is 29.9 Å². The Hall–Kier alpha value is -1.04. The lowest BCUT2D eigenvalue weighted by Gasteiger charge is -2.37. The number of aliphatic hydroxyl groups is 1. The molecule has 1 unspecified atom stereocenters. The molecule has 5 rings (SSSR count). The zero-order valence-electron chi connectivity index (χ0n) is 15.6. The van der Waals surface area contributed by atoms with Crippen molar-refractivity contribution in [2.24, 2.45) is 5.92 Å². The van der Waals surface area contributed by atoms with Crippen LogP contribution in [-0.2, 0) is 12.0 Å². The van der Waals surface area contributed by atoms with E-state index in [2.05, 4.69) is 25.3 Å². The predicted octanol–water partition coefficient (Wildman–Crippen LogP) is -0.221. The smallest absolute Gasteiger partial charge is 0.166 e. The van der Waals surface area contributed by atoms with Crippen molar-refractivity contribution in [1.82, 2.24) is 0 Å². The maximum Gasteiger partial charge on any atom is 0.166 e. The molecule has 2 heterocycles. The van der Waals surface area contributed by atoms with Gasteiger partial charge < -0.3 is 36.0 Å². The number of nitrogens with zero attached hydrogens (tertiary/aromatic N) is 1. The third-order valence-corrected chi connectivity index (χ3v) is 6.81. The minimum atomic E-state index is -0.407. The molecule has 0 aromatic heterocycles. The number of halogens is 1. The first-order valence-electron chi connectivity index (χ1n) is 9.61. The molecule has 2 aliphatic carbocycles. The Kier molecular flexibility index (Phi) is 4.41. The van der Waals surface area contributed by atoms with E-state index in [-0.39, 0.29) is 28.5 Å². The van der Waals surface area contributed by atoms with Gasteiger partial charge in [-0.25, -0.2) is 0 Å². The first kappa shape index (κ1) is 18.3. The summed E-state index contributed by atoms with van der Waals surface area (Å²) in [5.41, 5.74) is 2.63. The zero-order valence-corrected chi connectivity index (χ0v) is 17.2. The molecule has 1 spiro atoms. The lowest BCUT2D eigenvalue weighted by atomic mass is 9.69. The van der Waals surface area contributed by atoms with Crippen LogP contribution in [0.5, 0.6) is 11.5 Å². The van der Waals surface area contributed by atoms with E-state index in [0.717, 1.165) is 41.4 Å². The first-order valence-corrected chi connectivity index (χ1v) is 9.61. The number of aliphatic hydroxyl groups excluding tert-OH is 1. The van der Waals surface area contributed by atoms with Gasteiger partial charge in [-0.3, -0.25) is 0 Å². The van der Waals surface area contributed by atoms with Gasteiger partial charge in [0.15, 0.2) is 11.5 Å². The van der Waals surface area contributed by atoms with Gasteiger partial charge in [0.05, 0.1) is 38.8 Å². The summed E-state index contributed by atoms with van der Waals surface area (Å²) in [7, 11) is 4.13. The summed E-state index contributed by atoms with van der Waals surface area (Å²) in [6.07, 6.45) is 8.38. The number of methoxy groups -OCH3 is 1. The van der Waals surface area contributed by atoms with E-state index in [1.54, 1.807) is 7.11 Å². The van der Waals surface area contributed by atoms with Crippen LogP contribution >= 0.6 is 0 Å². The molecular formula is C21H28BrNO3. The van der Waals surface area contributed by atoms with Crippen molar-refractivity contribution in [2.75, 3.05) is 27.2 Å². The van der Waals surface area contributed by atoms with Crippen molar-refractivity contribution in [3.05, 3.63) is 35.4 Å². The van der Waals surface area contributed by atoms with Crippen molar-refractivity contribution < 1.29 is 36.0 Å². The van der Waals surface area contributed by atoms with Gasteiger partial charge in [-0.05, 0) is 25.0 Å². The number of ether oxygens (including phenoxy) is 2. The average Bonchev–Trinajstić information content (AvgIpc) is 3.33. The summed E-state index contributed by atoms with van der Waals surface area (Å²) >= 11 is 0. The molecule has 0 saturated heterocycles. The van der Waals surface area contributed by atoms with E-state index < -0.39 is 6.10 Å². The van der Waals surface area contributed by atoms with E-state index in [1.807, 2.05) is 6.08 Å². The van der Waals surface area contributed by atoms with Gasteiger partial charge in [-0.15, -0.1) is 0 Å². The normalized spacial score (nSPS) is 37.0. The second kappa shape index (κ2) is 6.25. The summed E-state index contributed by atoms with van der Waals surface area (Å²) in [5, 5.41) is 10.2. The molecule has 26 heavy (non-hydrogen) atoms. The fraction of sp³-hybridized carbons (Fsp3) is 0.619. The second-order valence-corrected chi connectivity index (χ2v) is 8.82. The number of benzene rings is 1. The van der Waals surface area contributed by atoms with Crippen LogP contribution in [0.4, 0.5) is 0 Å². The Bertz CT molecular complexity index is 747. The number of hydrogen-bond donors (Lipinski definition) is 1. The Balaban J connectivity index is 0.00000168. The van der Waals surface area contributed by atoms with E-state index in [1.165, 1.54) is 30.5 Å². The molecule has 1 saturated carbocycles. The molecule has 1 fully saturated rings.